The van der Waals surface area contributed by atoms with Gasteiger partial charge in [0.25, 0.3) is 5.91 Å². The van der Waals surface area contributed by atoms with E-state index in [4.69, 9.17) is 4.74 Å². The molecule has 1 N–H and O–H groups in total. The summed E-state index contributed by atoms with van der Waals surface area (Å²) in [6, 6.07) is 11.7. The summed E-state index contributed by atoms with van der Waals surface area (Å²) >= 11 is 0. The molecule has 27 heavy (non-hydrogen) atoms. The second-order valence-corrected chi connectivity index (χ2v) is 7.25. The van der Waals surface area contributed by atoms with Crippen molar-refractivity contribution in [3.8, 4) is 5.88 Å². The Bertz CT molecular complexity index is 977. The number of nitrogens with zero attached hydrogens (tertiary/aromatic N) is 3. The largest absolute Gasteiger partial charge is 0.468 e. The average Bonchev–Trinajstić information content (AvgIpc) is 3.45. The summed E-state index contributed by atoms with van der Waals surface area (Å²) in [5, 5.41) is 8.71. The Morgan fingerprint density at radius 2 is 2.07 bits per heavy atom. The van der Waals surface area contributed by atoms with Crippen molar-refractivity contribution in [2.75, 3.05) is 6.61 Å². The third kappa shape index (κ3) is 3.65. The Morgan fingerprint density at radius 1 is 1.33 bits per heavy atom. The number of benzene rings is 1. The number of amides is 1. The van der Waals surface area contributed by atoms with Crippen molar-refractivity contribution in [2.45, 2.75) is 38.6 Å². The van der Waals surface area contributed by atoms with Crippen LogP contribution in [0.5, 0.6) is 5.88 Å². The van der Waals surface area contributed by atoms with Gasteiger partial charge < -0.3 is 10.1 Å². The molecule has 2 heterocycles. The van der Waals surface area contributed by atoms with Crippen molar-refractivity contribution < 1.29 is 9.53 Å². The number of nitrogens with one attached hydrogen (secondary N) is 1. The lowest BCUT2D eigenvalue weighted by Crippen LogP contribution is -2.31. The van der Waals surface area contributed by atoms with Gasteiger partial charge >= 0.3 is 0 Å². The fourth-order valence-corrected chi connectivity index (χ4v) is 3.40. The lowest BCUT2D eigenvalue weighted by atomic mass is 10.1. The van der Waals surface area contributed by atoms with Gasteiger partial charge in [0.05, 0.1) is 11.7 Å². The number of ether oxygens (including phenoxy) is 1. The highest BCUT2D eigenvalue weighted by Gasteiger charge is 2.30. The van der Waals surface area contributed by atoms with E-state index in [2.05, 4.69) is 15.4 Å². The average molecular weight is 364 g/mol. The van der Waals surface area contributed by atoms with Crippen LogP contribution in [0.25, 0.3) is 11.0 Å². The Labute approximate surface area is 158 Å². The summed E-state index contributed by atoms with van der Waals surface area (Å²) in [5.74, 6) is 0.841. The molecule has 0 radical (unpaired) electrons. The first-order valence-electron chi connectivity index (χ1n) is 9.34. The molecule has 140 valence electrons. The second kappa shape index (κ2) is 7.02. The zero-order chi connectivity index (χ0) is 19.0. The molecule has 1 saturated carbocycles. The number of carbonyl (C=O) groups excluding carboxylic acids is 1. The number of rotatable bonds is 6. The first-order chi connectivity index (χ1) is 13.0. The lowest BCUT2D eigenvalue weighted by Gasteiger charge is -2.14. The molecule has 1 amide bonds. The van der Waals surface area contributed by atoms with Crippen LogP contribution in [0.3, 0.4) is 0 Å². The molecule has 1 aliphatic carbocycles. The zero-order valence-electron chi connectivity index (χ0n) is 15.9. The quantitative estimate of drug-likeness (QED) is 0.728. The van der Waals surface area contributed by atoms with Crippen molar-refractivity contribution in [1.29, 1.82) is 0 Å². The molecule has 0 aliphatic heterocycles. The van der Waals surface area contributed by atoms with E-state index in [0.717, 1.165) is 27.9 Å². The number of hydrogen-bond donors (Lipinski definition) is 1. The summed E-state index contributed by atoms with van der Waals surface area (Å²) < 4.78 is 7.48. The standard InChI is InChI=1S/C21H24N4O2/c1-13-11-18(23-21-19(13)20(16-9-10-16)24-25(21)3)27-12-17(26)22-14(2)15-7-5-4-6-8-15/h4-8,11,14,16H,9-10,12H2,1-3H3,(H,22,26)/t14-/m0/s1. The van der Waals surface area contributed by atoms with E-state index in [1.165, 1.54) is 12.8 Å². The minimum absolute atomic E-state index is 0.0670. The van der Waals surface area contributed by atoms with Gasteiger partial charge in [0.1, 0.15) is 0 Å². The van der Waals surface area contributed by atoms with Gasteiger partial charge in [0.2, 0.25) is 5.88 Å². The van der Waals surface area contributed by atoms with Crippen LogP contribution in [0.2, 0.25) is 0 Å². The first kappa shape index (κ1) is 17.5. The van der Waals surface area contributed by atoms with Gasteiger partial charge in [-0.25, -0.2) is 0 Å². The number of aromatic nitrogens is 3. The van der Waals surface area contributed by atoms with E-state index in [1.54, 1.807) is 4.68 Å². The molecule has 4 rings (SSSR count). The van der Waals surface area contributed by atoms with Crippen molar-refractivity contribution in [3.05, 3.63) is 53.2 Å². The molecule has 6 heteroatoms. The highest BCUT2D eigenvalue weighted by molar-refractivity contribution is 5.84. The van der Waals surface area contributed by atoms with E-state index in [9.17, 15) is 4.79 Å². The normalized spacial score (nSPS) is 14.9. The van der Waals surface area contributed by atoms with Crippen LogP contribution >= 0.6 is 0 Å². The van der Waals surface area contributed by atoms with E-state index in [-0.39, 0.29) is 18.6 Å². The zero-order valence-corrected chi connectivity index (χ0v) is 15.9. The molecule has 3 aromatic rings. The van der Waals surface area contributed by atoms with Gasteiger partial charge in [0.15, 0.2) is 12.3 Å². The molecule has 1 fully saturated rings. The van der Waals surface area contributed by atoms with Gasteiger partial charge in [-0.2, -0.15) is 10.1 Å². The summed E-state index contributed by atoms with van der Waals surface area (Å²) in [6.07, 6.45) is 2.40. The lowest BCUT2D eigenvalue weighted by molar-refractivity contribution is -0.123. The van der Waals surface area contributed by atoms with Crippen LogP contribution in [0.4, 0.5) is 0 Å². The Balaban J connectivity index is 1.44. The Morgan fingerprint density at radius 3 is 2.78 bits per heavy atom. The van der Waals surface area contributed by atoms with Gasteiger partial charge in [-0.15, -0.1) is 0 Å². The maximum Gasteiger partial charge on any atom is 0.258 e. The molecule has 6 nitrogen and oxygen atoms in total. The molecule has 0 bridgehead atoms. The summed E-state index contributed by atoms with van der Waals surface area (Å²) in [5.41, 5.74) is 4.09. The molecular weight excluding hydrogens is 340 g/mol. The SMILES string of the molecule is Cc1cc(OCC(=O)N[C@@H](C)c2ccccc2)nc2c1c(C1CC1)nn2C. The van der Waals surface area contributed by atoms with Crippen LogP contribution in [0.1, 0.15) is 48.5 Å². The van der Waals surface area contributed by atoms with Gasteiger partial charge in [0, 0.05) is 24.4 Å². The number of pyridine rings is 1. The van der Waals surface area contributed by atoms with Crippen molar-refractivity contribution >= 4 is 16.9 Å². The van der Waals surface area contributed by atoms with Gasteiger partial charge in [-0.1, -0.05) is 30.3 Å². The minimum atomic E-state index is -0.172. The predicted molar refractivity (Wildman–Crippen MR) is 104 cm³/mol. The van der Waals surface area contributed by atoms with E-state index < -0.39 is 0 Å². The predicted octanol–water partition coefficient (Wildman–Crippen LogP) is 3.41. The third-order valence-electron chi connectivity index (χ3n) is 4.99. The Kier molecular flexibility index (Phi) is 4.56. The van der Waals surface area contributed by atoms with Crippen LogP contribution in [-0.2, 0) is 11.8 Å². The number of aryl methyl sites for hydroxylation is 2. The molecule has 2 aromatic heterocycles. The fourth-order valence-electron chi connectivity index (χ4n) is 3.40. The van der Waals surface area contributed by atoms with E-state index in [0.29, 0.717) is 11.8 Å². The van der Waals surface area contributed by atoms with Crippen LogP contribution < -0.4 is 10.1 Å². The number of fused-ring (bicyclic) bond motifs is 1. The van der Waals surface area contributed by atoms with Gasteiger partial charge in [-0.3, -0.25) is 9.48 Å². The summed E-state index contributed by atoms with van der Waals surface area (Å²) in [7, 11) is 1.90. The molecule has 0 saturated heterocycles. The van der Waals surface area contributed by atoms with Crippen LogP contribution in [0, 0.1) is 6.92 Å². The van der Waals surface area contributed by atoms with Gasteiger partial charge in [-0.05, 0) is 37.8 Å². The first-order valence-corrected chi connectivity index (χ1v) is 9.34. The van der Waals surface area contributed by atoms with Crippen LogP contribution in [-0.4, -0.2) is 27.3 Å². The smallest absolute Gasteiger partial charge is 0.258 e. The highest BCUT2D eigenvalue weighted by Crippen LogP contribution is 2.43. The topological polar surface area (TPSA) is 69.0 Å². The number of hydrogen-bond acceptors (Lipinski definition) is 4. The van der Waals surface area contributed by atoms with Crippen molar-refractivity contribution in [2.24, 2.45) is 7.05 Å². The second-order valence-electron chi connectivity index (χ2n) is 7.25. The maximum atomic E-state index is 12.2. The molecule has 0 spiro atoms. The molecule has 1 atom stereocenters. The third-order valence-corrected chi connectivity index (χ3v) is 4.99. The maximum absolute atomic E-state index is 12.2. The van der Waals surface area contributed by atoms with E-state index in [1.807, 2.05) is 57.3 Å². The minimum Gasteiger partial charge on any atom is -0.468 e. The van der Waals surface area contributed by atoms with Crippen molar-refractivity contribution in [3.63, 3.8) is 0 Å². The Hall–Kier alpha value is -2.89. The van der Waals surface area contributed by atoms with Crippen molar-refractivity contribution in [1.82, 2.24) is 20.1 Å². The monoisotopic (exact) mass is 364 g/mol. The number of carbonyl (C=O) groups is 1. The molecular formula is C21H24N4O2. The molecule has 1 aliphatic rings. The molecule has 1 aromatic carbocycles. The molecule has 0 unspecified atom stereocenters. The highest BCUT2D eigenvalue weighted by atomic mass is 16.5. The van der Waals surface area contributed by atoms with Crippen LogP contribution in [0.15, 0.2) is 36.4 Å². The summed E-state index contributed by atoms with van der Waals surface area (Å²) in [4.78, 5) is 16.8. The summed E-state index contributed by atoms with van der Waals surface area (Å²) in [6.45, 7) is 3.93. The van der Waals surface area contributed by atoms with E-state index >= 15 is 0 Å². The fraction of sp³-hybridized carbons (Fsp3) is 0.381.